The Bertz CT molecular complexity index is 1910. The second-order valence-corrected chi connectivity index (χ2v) is 11.2. The van der Waals surface area contributed by atoms with Crippen molar-refractivity contribution in [1.82, 2.24) is 9.55 Å². The van der Waals surface area contributed by atoms with Gasteiger partial charge in [0.2, 0.25) is 5.43 Å². The van der Waals surface area contributed by atoms with Gasteiger partial charge in [0.05, 0.1) is 24.8 Å². The van der Waals surface area contributed by atoms with Gasteiger partial charge in [0.15, 0.2) is 23.1 Å². The van der Waals surface area contributed by atoms with E-state index in [9.17, 15) is 23.5 Å². The number of halogens is 3. The number of carboxylic acid groups (broad SMARTS) is 1. The lowest BCUT2D eigenvalue weighted by Gasteiger charge is -2.19. The van der Waals surface area contributed by atoms with E-state index in [4.69, 9.17) is 9.57 Å². The first-order chi connectivity index (χ1) is 22.7. The zero-order valence-electron chi connectivity index (χ0n) is 25.2. The zero-order valence-corrected chi connectivity index (χ0v) is 25.2. The van der Waals surface area contributed by atoms with Gasteiger partial charge in [-0.3, -0.25) is 9.79 Å². The third kappa shape index (κ3) is 7.05. The lowest BCUT2D eigenvalue weighted by atomic mass is 10.1. The van der Waals surface area contributed by atoms with Crippen LogP contribution in [0.5, 0.6) is 11.5 Å². The normalized spacial score (nSPS) is 17.3. The Morgan fingerprint density at radius 2 is 1.94 bits per heavy atom. The van der Waals surface area contributed by atoms with E-state index in [1.54, 1.807) is 21.7 Å². The van der Waals surface area contributed by atoms with E-state index in [-0.39, 0.29) is 60.0 Å². The van der Waals surface area contributed by atoms with Gasteiger partial charge in [0, 0.05) is 37.5 Å². The molecular formula is C33H30F3N5O6. The molecule has 4 aromatic rings. The molecule has 0 radical (unpaired) electrons. The fourth-order valence-corrected chi connectivity index (χ4v) is 5.44. The van der Waals surface area contributed by atoms with E-state index < -0.39 is 29.4 Å². The van der Waals surface area contributed by atoms with Crippen molar-refractivity contribution < 1.29 is 37.4 Å². The number of aromatic carboxylic acids is 1. The van der Waals surface area contributed by atoms with Gasteiger partial charge in [-0.1, -0.05) is 41.6 Å². The summed E-state index contributed by atoms with van der Waals surface area (Å²) in [5.41, 5.74) is 1.05. The Kier molecular flexibility index (Phi) is 9.09. The molecule has 1 atom stereocenters. The topological polar surface area (TPSA) is 128 Å². The van der Waals surface area contributed by atoms with Crippen LogP contribution in [0, 0.1) is 11.7 Å². The highest BCUT2D eigenvalue weighted by atomic mass is 19.3. The number of hydrogen-bond donors (Lipinski definition) is 1. The number of nitrogens with zero attached hydrogens (tertiary/aromatic N) is 5. The highest BCUT2D eigenvalue weighted by Gasteiger charge is 2.34. The van der Waals surface area contributed by atoms with Crippen molar-refractivity contribution in [3.05, 3.63) is 93.5 Å². The maximum atomic E-state index is 15.6. The number of aliphatic imine (C=N–C) groups is 1. The number of ether oxygens (including phenoxy) is 2. The van der Waals surface area contributed by atoms with Gasteiger partial charge >= 0.3 is 12.6 Å². The monoisotopic (exact) mass is 649 g/mol. The summed E-state index contributed by atoms with van der Waals surface area (Å²) >= 11 is 0. The molecule has 1 aliphatic heterocycles. The molecule has 14 heteroatoms. The molecule has 6 rings (SSSR count). The first-order valence-electron chi connectivity index (χ1n) is 14.8. The zero-order chi connectivity index (χ0) is 33.1. The fourth-order valence-electron chi connectivity index (χ4n) is 5.44. The number of pyridine rings is 2. The number of benzene rings is 2. The molecule has 11 nitrogen and oxygen atoms in total. The third-order valence-electron chi connectivity index (χ3n) is 7.90. The number of aromatic nitrogens is 2. The Labute approximate surface area is 266 Å². The van der Waals surface area contributed by atoms with Crippen LogP contribution in [-0.4, -0.2) is 65.9 Å². The average Bonchev–Trinajstić information content (AvgIpc) is 3.82. The van der Waals surface area contributed by atoms with Gasteiger partial charge in [0.1, 0.15) is 17.8 Å². The quantitative estimate of drug-likeness (QED) is 0.162. The number of fused-ring (bicyclic) bond motifs is 1. The van der Waals surface area contributed by atoms with Crippen molar-refractivity contribution in [2.24, 2.45) is 16.1 Å². The molecule has 1 unspecified atom stereocenters. The van der Waals surface area contributed by atoms with Gasteiger partial charge in [-0.05, 0) is 42.2 Å². The van der Waals surface area contributed by atoms with Gasteiger partial charge in [-0.15, -0.1) is 0 Å². The first-order valence-corrected chi connectivity index (χ1v) is 14.8. The van der Waals surface area contributed by atoms with Crippen LogP contribution in [0.25, 0.3) is 11.0 Å². The lowest BCUT2D eigenvalue weighted by Crippen LogP contribution is -2.25. The largest absolute Gasteiger partial charge is 0.493 e. The van der Waals surface area contributed by atoms with Crippen molar-refractivity contribution in [1.29, 1.82) is 0 Å². The van der Waals surface area contributed by atoms with Gasteiger partial charge in [0.25, 0.3) is 0 Å². The lowest BCUT2D eigenvalue weighted by molar-refractivity contribution is -0.0512. The number of methoxy groups -OCH3 is 1. The van der Waals surface area contributed by atoms with Crippen LogP contribution in [0.15, 0.2) is 75.7 Å². The van der Waals surface area contributed by atoms with Crippen molar-refractivity contribution >= 4 is 34.7 Å². The molecule has 0 spiro atoms. The van der Waals surface area contributed by atoms with Crippen molar-refractivity contribution in [3.63, 3.8) is 0 Å². The van der Waals surface area contributed by atoms with Gasteiger partial charge in [-0.25, -0.2) is 14.2 Å². The summed E-state index contributed by atoms with van der Waals surface area (Å²) in [7, 11) is 1.33. The Morgan fingerprint density at radius 3 is 2.64 bits per heavy atom. The molecule has 0 bridgehead atoms. The van der Waals surface area contributed by atoms with Crippen LogP contribution in [0.2, 0.25) is 0 Å². The number of carbonyl (C=O) groups is 1. The number of carboxylic acids is 1. The summed E-state index contributed by atoms with van der Waals surface area (Å²) in [6.07, 6.45) is 4.60. The number of oxime groups is 1. The Balaban J connectivity index is 1.28. The van der Waals surface area contributed by atoms with Crippen LogP contribution >= 0.6 is 0 Å². The summed E-state index contributed by atoms with van der Waals surface area (Å²) < 4.78 is 52.3. The molecule has 2 aromatic carbocycles. The van der Waals surface area contributed by atoms with Crippen LogP contribution < -0.4 is 19.8 Å². The SMILES string of the molecule is COc1cc(CO/N=C2\CN(c3nc4c(cc3F)c(=O)c(C(=O)O)cn4C3CC3)CC2CN=Cc2ccccc2)ccc1OC(F)F. The van der Waals surface area contributed by atoms with E-state index in [0.717, 1.165) is 24.5 Å². The summed E-state index contributed by atoms with van der Waals surface area (Å²) in [6.45, 7) is -2.28. The average molecular weight is 650 g/mol. The highest BCUT2D eigenvalue weighted by Crippen LogP contribution is 2.37. The second kappa shape index (κ2) is 13.5. The molecule has 1 N–H and O–H groups in total. The molecule has 2 fully saturated rings. The van der Waals surface area contributed by atoms with E-state index in [0.29, 0.717) is 17.8 Å². The third-order valence-corrected chi connectivity index (χ3v) is 7.90. The molecular weight excluding hydrogens is 619 g/mol. The minimum absolute atomic E-state index is 0.00373. The van der Waals surface area contributed by atoms with E-state index in [1.165, 1.54) is 25.4 Å². The molecule has 1 saturated heterocycles. The predicted molar refractivity (Wildman–Crippen MR) is 168 cm³/mol. The molecule has 1 aliphatic carbocycles. The van der Waals surface area contributed by atoms with E-state index in [2.05, 4.69) is 19.9 Å². The minimum Gasteiger partial charge on any atom is -0.493 e. The summed E-state index contributed by atoms with van der Waals surface area (Å²) in [6, 6.07) is 15.0. The van der Waals surface area contributed by atoms with Crippen molar-refractivity contribution in [2.75, 3.05) is 31.6 Å². The molecule has 47 heavy (non-hydrogen) atoms. The van der Waals surface area contributed by atoms with Crippen LogP contribution in [0.3, 0.4) is 0 Å². The van der Waals surface area contributed by atoms with Crippen molar-refractivity contribution in [3.8, 4) is 11.5 Å². The smallest absolute Gasteiger partial charge is 0.387 e. The Hall–Kier alpha value is -5.40. The highest BCUT2D eigenvalue weighted by molar-refractivity contribution is 5.95. The molecule has 2 aromatic heterocycles. The summed E-state index contributed by atoms with van der Waals surface area (Å²) in [5.74, 6) is -2.45. The Morgan fingerprint density at radius 1 is 1.15 bits per heavy atom. The van der Waals surface area contributed by atoms with Crippen LogP contribution in [0.4, 0.5) is 19.0 Å². The first kappa shape index (κ1) is 31.6. The fraction of sp³-hybridized carbons (Fsp3) is 0.303. The maximum absolute atomic E-state index is 15.6. The molecule has 0 amide bonds. The number of hydrogen-bond acceptors (Lipinski definition) is 9. The molecule has 244 valence electrons. The minimum atomic E-state index is -3.01. The molecule has 3 heterocycles. The standard InChI is InChI=1S/C33H30F3N5O6/c1-45-28-11-20(7-10-27(28)47-33(35)36)18-46-39-26-17-40(15-21(26)14-37-13-19-5-3-2-4-6-19)31-25(34)12-23-29(42)24(32(43)44)16-41(22-8-9-22)30(23)38-31/h2-7,10-13,16,21-22,33H,8-9,14-15,17-18H2,1H3,(H,43,44)/b37-13?,39-26+. The van der Waals surface area contributed by atoms with Gasteiger partial charge in [-0.2, -0.15) is 8.78 Å². The van der Waals surface area contributed by atoms with Crippen LogP contribution in [0.1, 0.15) is 40.4 Å². The van der Waals surface area contributed by atoms with Gasteiger partial charge < -0.3 is 28.9 Å². The number of alkyl halides is 2. The van der Waals surface area contributed by atoms with Crippen molar-refractivity contribution in [2.45, 2.75) is 32.1 Å². The maximum Gasteiger partial charge on any atom is 0.387 e. The van der Waals surface area contributed by atoms with Crippen LogP contribution in [-0.2, 0) is 11.4 Å². The number of anilines is 1. The summed E-state index contributed by atoms with van der Waals surface area (Å²) in [5, 5.41) is 13.8. The second-order valence-electron chi connectivity index (χ2n) is 11.2. The molecule has 1 saturated carbocycles. The summed E-state index contributed by atoms with van der Waals surface area (Å²) in [4.78, 5) is 41.1. The van der Waals surface area contributed by atoms with E-state index in [1.807, 2.05) is 30.3 Å². The molecule has 2 aliphatic rings. The van der Waals surface area contributed by atoms with E-state index >= 15 is 4.39 Å². The predicted octanol–water partition coefficient (Wildman–Crippen LogP) is 5.31. The number of rotatable bonds is 12.